The van der Waals surface area contributed by atoms with Crippen LogP contribution >= 0.6 is 22.5 Å². The summed E-state index contributed by atoms with van der Waals surface area (Å²) in [6.45, 7) is 7.07. The first-order chi connectivity index (χ1) is 9.66. The zero-order chi connectivity index (χ0) is 16.6. The standard InChI is InChI=1S/C10H26NO7P3/c1-5-15-20(13,16-6-2)9-19(11,12)10-21(14,17-7-3)18-8-4/h5-10H2,1-4H3,(H2,11,12). The Bertz CT molecular complexity index is 386. The zero-order valence-corrected chi connectivity index (χ0v) is 15.7. The molecule has 2 N–H and O–H groups in total. The lowest BCUT2D eigenvalue weighted by molar-refractivity contribution is 0.223. The van der Waals surface area contributed by atoms with Crippen molar-refractivity contribution in [2.75, 3.05) is 38.2 Å². The third-order valence-electron chi connectivity index (χ3n) is 2.13. The van der Waals surface area contributed by atoms with Crippen molar-refractivity contribution in [1.29, 1.82) is 0 Å². The van der Waals surface area contributed by atoms with E-state index in [-0.39, 0.29) is 26.4 Å². The Morgan fingerprint density at radius 1 is 0.667 bits per heavy atom. The first kappa shape index (κ1) is 21.5. The van der Waals surface area contributed by atoms with Crippen LogP contribution in [0.25, 0.3) is 0 Å². The summed E-state index contributed by atoms with van der Waals surface area (Å²) in [6, 6.07) is 0. The third kappa shape index (κ3) is 8.63. The normalized spacial score (nSPS) is 13.6. The molecular weight excluding hydrogens is 339 g/mol. The Morgan fingerprint density at radius 2 is 0.905 bits per heavy atom. The average molecular weight is 365 g/mol. The highest BCUT2D eigenvalue weighted by Crippen LogP contribution is 2.66. The van der Waals surface area contributed by atoms with E-state index in [0.29, 0.717) is 0 Å². The zero-order valence-electron chi connectivity index (χ0n) is 13.0. The van der Waals surface area contributed by atoms with E-state index in [9.17, 15) is 13.7 Å². The molecule has 0 saturated carbocycles. The number of nitrogens with two attached hydrogens (primary N) is 1. The molecule has 0 aromatic rings. The molecular formula is C10H26NO7P3. The van der Waals surface area contributed by atoms with Gasteiger partial charge in [0, 0.05) is 0 Å². The van der Waals surface area contributed by atoms with E-state index in [4.69, 9.17) is 23.6 Å². The quantitative estimate of drug-likeness (QED) is 0.521. The second-order valence-corrected chi connectivity index (χ2v) is 11.8. The third-order valence-corrected chi connectivity index (χ3v) is 11.3. The van der Waals surface area contributed by atoms with Gasteiger partial charge in [-0.05, 0) is 27.7 Å². The fourth-order valence-electron chi connectivity index (χ4n) is 1.66. The van der Waals surface area contributed by atoms with E-state index in [0.717, 1.165) is 0 Å². The van der Waals surface area contributed by atoms with Gasteiger partial charge in [0.2, 0.25) is 0 Å². The molecule has 0 heterocycles. The van der Waals surface area contributed by atoms with Crippen molar-refractivity contribution >= 4 is 22.5 Å². The molecule has 0 aromatic heterocycles. The van der Waals surface area contributed by atoms with Crippen LogP contribution in [0.15, 0.2) is 0 Å². The summed E-state index contributed by atoms with van der Waals surface area (Å²) in [7, 11) is -10.8. The molecule has 0 radical (unpaired) electrons. The summed E-state index contributed by atoms with van der Waals surface area (Å²) in [5.74, 6) is -0.988. The van der Waals surface area contributed by atoms with Crippen molar-refractivity contribution in [2.45, 2.75) is 27.7 Å². The molecule has 21 heavy (non-hydrogen) atoms. The molecule has 0 rings (SSSR count). The Morgan fingerprint density at radius 3 is 1.10 bits per heavy atom. The molecule has 0 spiro atoms. The molecule has 0 atom stereocenters. The topological polar surface area (TPSA) is 114 Å². The first-order valence-electron chi connectivity index (χ1n) is 6.78. The lowest BCUT2D eigenvalue weighted by Crippen LogP contribution is -2.11. The molecule has 8 nitrogen and oxygen atoms in total. The van der Waals surface area contributed by atoms with Crippen molar-refractivity contribution in [2.24, 2.45) is 5.50 Å². The SMILES string of the molecule is CCOP(=O)(CP(N)(=O)CP(=O)(OCC)OCC)OCC. The first-order valence-corrected chi connectivity index (χ1v) is 12.4. The fourth-order valence-corrected chi connectivity index (χ4v) is 10.5. The van der Waals surface area contributed by atoms with E-state index in [2.05, 4.69) is 0 Å². The highest BCUT2D eigenvalue weighted by Gasteiger charge is 2.40. The lowest BCUT2D eigenvalue weighted by Gasteiger charge is -2.24. The van der Waals surface area contributed by atoms with Crippen molar-refractivity contribution < 1.29 is 31.8 Å². The molecule has 0 unspecified atom stereocenters. The monoisotopic (exact) mass is 365 g/mol. The molecule has 128 valence electrons. The van der Waals surface area contributed by atoms with Crippen LogP contribution in [0.1, 0.15) is 27.7 Å². The van der Waals surface area contributed by atoms with Crippen LogP contribution in [0.2, 0.25) is 0 Å². The molecule has 0 aliphatic carbocycles. The summed E-state index contributed by atoms with van der Waals surface area (Å²) < 4.78 is 57.4. The minimum atomic E-state index is -3.59. The molecule has 0 fully saturated rings. The highest BCUT2D eigenvalue weighted by molar-refractivity contribution is 7.82. The second kappa shape index (κ2) is 9.59. The molecule has 0 bridgehead atoms. The second-order valence-electron chi connectivity index (χ2n) is 4.13. The van der Waals surface area contributed by atoms with Gasteiger partial charge in [-0.15, -0.1) is 0 Å². The van der Waals surface area contributed by atoms with Gasteiger partial charge >= 0.3 is 15.2 Å². The van der Waals surface area contributed by atoms with Crippen LogP contribution in [0.4, 0.5) is 0 Å². The molecule has 11 heteroatoms. The van der Waals surface area contributed by atoms with Crippen LogP contribution in [-0.4, -0.2) is 38.2 Å². The van der Waals surface area contributed by atoms with E-state index >= 15 is 0 Å². The highest BCUT2D eigenvalue weighted by atomic mass is 31.3. The molecule has 0 amide bonds. The van der Waals surface area contributed by atoms with Gasteiger partial charge in [0.1, 0.15) is 11.8 Å². The number of rotatable bonds is 12. The average Bonchev–Trinajstić information content (AvgIpc) is 2.27. The molecule has 0 saturated heterocycles. The van der Waals surface area contributed by atoms with E-state index < -0.39 is 34.3 Å². The summed E-state index contributed by atoms with van der Waals surface area (Å²) >= 11 is 0. The van der Waals surface area contributed by atoms with Gasteiger partial charge in [0.15, 0.2) is 7.29 Å². The van der Waals surface area contributed by atoms with Crippen LogP contribution in [0.3, 0.4) is 0 Å². The van der Waals surface area contributed by atoms with Gasteiger partial charge in [-0.3, -0.25) is 14.6 Å². The maximum absolute atomic E-state index is 12.5. The largest absolute Gasteiger partial charge is 0.339 e. The predicted octanol–water partition coefficient (Wildman–Crippen LogP) is 3.67. The Hall–Kier alpha value is 0.490. The Kier molecular flexibility index (Phi) is 9.81. The van der Waals surface area contributed by atoms with Gasteiger partial charge in [0.25, 0.3) is 0 Å². The van der Waals surface area contributed by atoms with Crippen molar-refractivity contribution in [3.63, 3.8) is 0 Å². The molecule has 0 aromatic carbocycles. The Labute approximate surface area is 126 Å². The maximum atomic E-state index is 12.5. The van der Waals surface area contributed by atoms with E-state index in [1.165, 1.54) is 0 Å². The minimum Gasteiger partial charge on any atom is -0.309 e. The molecule has 0 aliphatic heterocycles. The van der Waals surface area contributed by atoms with Crippen LogP contribution < -0.4 is 5.50 Å². The Balaban J connectivity index is 5.06. The van der Waals surface area contributed by atoms with Crippen LogP contribution in [-0.2, 0) is 31.8 Å². The van der Waals surface area contributed by atoms with Gasteiger partial charge in [-0.2, -0.15) is 0 Å². The van der Waals surface area contributed by atoms with Crippen molar-refractivity contribution in [3.8, 4) is 0 Å². The van der Waals surface area contributed by atoms with E-state index in [1.54, 1.807) is 27.7 Å². The van der Waals surface area contributed by atoms with Gasteiger partial charge < -0.3 is 22.7 Å². The van der Waals surface area contributed by atoms with Crippen molar-refractivity contribution in [3.05, 3.63) is 0 Å². The fraction of sp³-hybridized carbons (Fsp3) is 1.00. The summed E-state index contributed by atoms with van der Waals surface area (Å²) in [4.78, 5) is 0. The summed E-state index contributed by atoms with van der Waals surface area (Å²) in [5, 5.41) is 0. The minimum absolute atomic E-state index is 0.131. The van der Waals surface area contributed by atoms with Crippen molar-refractivity contribution in [1.82, 2.24) is 0 Å². The predicted molar refractivity (Wildman–Crippen MR) is 83.2 cm³/mol. The van der Waals surface area contributed by atoms with Crippen LogP contribution in [0, 0.1) is 0 Å². The smallest absolute Gasteiger partial charge is 0.309 e. The molecule has 0 aliphatic rings. The van der Waals surface area contributed by atoms with Crippen LogP contribution in [0.5, 0.6) is 0 Å². The summed E-state index contributed by atoms with van der Waals surface area (Å²) in [6.07, 6.45) is 0. The summed E-state index contributed by atoms with van der Waals surface area (Å²) in [5.41, 5.74) is 5.70. The number of hydrogen-bond acceptors (Lipinski definition) is 7. The van der Waals surface area contributed by atoms with Gasteiger partial charge in [0.05, 0.1) is 26.4 Å². The van der Waals surface area contributed by atoms with Gasteiger partial charge in [-0.1, -0.05) is 0 Å². The maximum Gasteiger partial charge on any atom is 0.339 e. The number of hydrogen-bond donors (Lipinski definition) is 1. The van der Waals surface area contributed by atoms with Gasteiger partial charge in [-0.25, -0.2) is 0 Å². The van der Waals surface area contributed by atoms with E-state index in [1.807, 2.05) is 0 Å². The lowest BCUT2D eigenvalue weighted by atomic mass is 10.9.